The van der Waals surface area contributed by atoms with Crippen LogP contribution in [0.1, 0.15) is 23.2 Å². The smallest absolute Gasteiger partial charge is 0.183 e. The average molecular weight is 271 g/mol. The molecule has 0 fully saturated rings. The molecule has 2 aromatic carbocycles. The lowest BCUT2D eigenvalue weighted by Gasteiger charge is -2.20. The first-order valence-corrected chi connectivity index (χ1v) is 6.23. The van der Waals surface area contributed by atoms with Crippen LogP contribution in [-0.4, -0.2) is 5.96 Å². The van der Waals surface area contributed by atoms with E-state index in [2.05, 4.69) is 11.5 Å². The van der Waals surface area contributed by atoms with E-state index in [-0.39, 0.29) is 18.0 Å². The van der Waals surface area contributed by atoms with Gasteiger partial charge in [0.15, 0.2) is 5.96 Å². The maximum Gasteiger partial charge on any atom is 0.183 e. The first-order valence-electron chi connectivity index (χ1n) is 6.23. The molecule has 20 heavy (non-hydrogen) atoms. The van der Waals surface area contributed by atoms with Crippen molar-refractivity contribution in [3.63, 3.8) is 0 Å². The number of rotatable bonds is 3. The van der Waals surface area contributed by atoms with Gasteiger partial charge in [0.25, 0.3) is 0 Å². The fraction of sp³-hybridized carbons (Fsp3) is 0.133. The highest BCUT2D eigenvalue weighted by Gasteiger charge is 2.16. The first kappa shape index (κ1) is 15.7. The van der Waals surface area contributed by atoms with Crippen molar-refractivity contribution in [2.45, 2.75) is 12.1 Å². The Bertz CT molecular complexity index is 465. The summed E-state index contributed by atoms with van der Waals surface area (Å²) in [7, 11) is 0. The molecule has 2 atom stereocenters. The molecule has 0 heterocycles. The van der Waals surface area contributed by atoms with Gasteiger partial charge in [0, 0.05) is 12.1 Å². The van der Waals surface area contributed by atoms with Gasteiger partial charge in [0.05, 0.1) is 0 Å². The molecule has 0 radical (unpaired) electrons. The summed E-state index contributed by atoms with van der Waals surface area (Å²) in [4.78, 5) is 0. The SMILES string of the molecule is N=C(N)N.NC(c1ccccc1)C(N)c1ccccc1. The summed E-state index contributed by atoms with van der Waals surface area (Å²) in [6.45, 7) is 0. The standard InChI is InChI=1S/C14H16N2.CH5N3/c15-13(11-7-3-1-4-8-11)14(16)12-9-5-2-6-10-12;2-1(3)4/h1-10,13-14H,15-16H2;(H5,2,3,4). The molecule has 0 amide bonds. The van der Waals surface area contributed by atoms with E-state index in [1.807, 2.05) is 60.7 Å². The molecule has 0 spiro atoms. The number of guanidine groups is 1. The molecule has 2 aromatic rings. The molecule has 5 nitrogen and oxygen atoms in total. The largest absolute Gasteiger partial charge is 0.370 e. The number of nitrogens with two attached hydrogens (primary N) is 4. The number of hydrogen-bond donors (Lipinski definition) is 5. The lowest BCUT2D eigenvalue weighted by molar-refractivity contribution is 0.574. The van der Waals surface area contributed by atoms with Crippen molar-refractivity contribution in [1.29, 1.82) is 5.41 Å². The third-order valence-electron chi connectivity index (χ3n) is 2.76. The van der Waals surface area contributed by atoms with Gasteiger partial charge >= 0.3 is 0 Å². The highest BCUT2D eigenvalue weighted by molar-refractivity contribution is 5.71. The maximum atomic E-state index is 6.15. The summed E-state index contributed by atoms with van der Waals surface area (Å²) in [5.74, 6) is -0.333. The van der Waals surface area contributed by atoms with Crippen LogP contribution in [0.3, 0.4) is 0 Å². The van der Waals surface area contributed by atoms with Crippen LogP contribution in [0.2, 0.25) is 0 Å². The summed E-state index contributed by atoms with van der Waals surface area (Å²) in [6.07, 6.45) is 0. The Morgan fingerprint density at radius 3 is 1.20 bits per heavy atom. The summed E-state index contributed by atoms with van der Waals surface area (Å²) >= 11 is 0. The van der Waals surface area contributed by atoms with Gasteiger partial charge in [-0.3, -0.25) is 5.41 Å². The van der Waals surface area contributed by atoms with Gasteiger partial charge in [-0.2, -0.15) is 0 Å². The third kappa shape index (κ3) is 5.09. The Labute approximate surface area is 119 Å². The summed E-state index contributed by atoms with van der Waals surface area (Å²) in [6, 6.07) is 19.6. The second kappa shape index (κ2) is 7.93. The minimum absolute atomic E-state index is 0.163. The van der Waals surface area contributed by atoms with Crippen molar-refractivity contribution in [3.8, 4) is 0 Å². The molecule has 106 valence electrons. The van der Waals surface area contributed by atoms with E-state index < -0.39 is 0 Å². The van der Waals surface area contributed by atoms with Crippen molar-refractivity contribution in [1.82, 2.24) is 0 Å². The van der Waals surface area contributed by atoms with Crippen molar-refractivity contribution < 1.29 is 0 Å². The van der Waals surface area contributed by atoms with Crippen LogP contribution in [0.4, 0.5) is 0 Å². The maximum absolute atomic E-state index is 6.15. The van der Waals surface area contributed by atoms with Crippen molar-refractivity contribution >= 4 is 5.96 Å². The minimum atomic E-state index is -0.333. The molecule has 2 unspecified atom stereocenters. The van der Waals surface area contributed by atoms with E-state index in [1.54, 1.807) is 0 Å². The van der Waals surface area contributed by atoms with Gasteiger partial charge in [0.1, 0.15) is 0 Å². The van der Waals surface area contributed by atoms with Gasteiger partial charge in [-0.25, -0.2) is 0 Å². The van der Waals surface area contributed by atoms with Crippen LogP contribution in [0.15, 0.2) is 60.7 Å². The molecule has 9 N–H and O–H groups in total. The molecular weight excluding hydrogens is 250 g/mol. The monoisotopic (exact) mass is 271 g/mol. The van der Waals surface area contributed by atoms with E-state index >= 15 is 0 Å². The Morgan fingerprint density at radius 1 is 0.700 bits per heavy atom. The zero-order valence-electron chi connectivity index (χ0n) is 11.2. The molecule has 0 aliphatic heterocycles. The molecule has 0 aliphatic rings. The van der Waals surface area contributed by atoms with Crippen LogP contribution < -0.4 is 22.9 Å². The predicted molar refractivity (Wildman–Crippen MR) is 82.8 cm³/mol. The normalized spacial score (nSPS) is 12.7. The molecule has 0 saturated carbocycles. The Hall–Kier alpha value is -2.37. The van der Waals surface area contributed by atoms with E-state index in [1.165, 1.54) is 0 Å². The fourth-order valence-corrected chi connectivity index (χ4v) is 1.77. The molecule has 0 aliphatic carbocycles. The van der Waals surface area contributed by atoms with Crippen LogP contribution in [0.25, 0.3) is 0 Å². The predicted octanol–water partition coefficient (Wildman–Crippen LogP) is 1.22. The molecule has 5 heteroatoms. The van der Waals surface area contributed by atoms with E-state index in [9.17, 15) is 0 Å². The first-order chi connectivity index (χ1) is 9.52. The van der Waals surface area contributed by atoms with Gasteiger partial charge in [-0.05, 0) is 11.1 Å². The average Bonchev–Trinajstić information content (AvgIpc) is 2.47. The Morgan fingerprint density at radius 2 is 0.950 bits per heavy atom. The molecule has 0 bridgehead atoms. The zero-order chi connectivity index (χ0) is 15.0. The second-order valence-corrected chi connectivity index (χ2v) is 4.33. The van der Waals surface area contributed by atoms with E-state index in [4.69, 9.17) is 16.9 Å². The molecule has 0 aromatic heterocycles. The summed E-state index contributed by atoms with van der Waals surface area (Å²) in [5.41, 5.74) is 23.4. The lowest BCUT2D eigenvalue weighted by Crippen LogP contribution is -2.26. The van der Waals surface area contributed by atoms with Crippen LogP contribution >= 0.6 is 0 Å². The topological polar surface area (TPSA) is 128 Å². The third-order valence-corrected chi connectivity index (χ3v) is 2.76. The minimum Gasteiger partial charge on any atom is -0.370 e. The molecule has 2 rings (SSSR count). The molecular formula is C15H21N5. The number of nitrogens with one attached hydrogen (secondary N) is 1. The van der Waals surface area contributed by atoms with Gasteiger partial charge in [0.2, 0.25) is 0 Å². The highest BCUT2D eigenvalue weighted by atomic mass is 14.9. The summed E-state index contributed by atoms with van der Waals surface area (Å²) < 4.78 is 0. The van der Waals surface area contributed by atoms with Gasteiger partial charge in [-0.1, -0.05) is 60.7 Å². The van der Waals surface area contributed by atoms with Crippen molar-refractivity contribution in [2.75, 3.05) is 0 Å². The van der Waals surface area contributed by atoms with E-state index in [0.29, 0.717) is 0 Å². The number of benzene rings is 2. The van der Waals surface area contributed by atoms with Crippen molar-refractivity contribution in [2.24, 2.45) is 22.9 Å². The van der Waals surface area contributed by atoms with Crippen LogP contribution in [0.5, 0.6) is 0 Å². The Balaban J connectivity index is 0.000000444. The quantitative estimate of drug-likeness (QED) is 0.424. The van der Waals surface area contributed by atoms with Crippen LogP contribution in [0, 0.1) is 5.41 Å². The fourth-order valence-electron chi connectivity index (χ4n) is 1.77. The number of hydrogen-bond acceptors (Lipinski definition) is 3. The highest BCUT2D eigenvalue weighted by Crippen LogP contribution is 2.23. The molecule has 0 saturated heterocycles. The van der Waals surface area contributed by atoms with Gasteiger partial charge < -0.3 is 22.9 Å². The lowest BCUT2D eigenvalue weighted by atomic mass is 9.95. The summed E-state index contributed by atoms with van der Waals surface area (Å²) in [5, 5.41) is 6.06. The Kier molecular flexibility index (Phi) is 6.22. The second-order valence-electron chi connectivity index (χ2n) is 4.33. The van der Waals surface area contributed by atoms with Gasteiger partial charge in [-0.15, -0.1) is 0 Å². The van der Waals surface area contributed by atoms with Crippen molar-refractivity contribution in [3.05, 3.63) is 71.8 Å². The van der Waals surface area contributed by atoms with Crippen LogP contribution in [-0.2, 0) is 0 Å². The van der Waals surface area contributed by atoms with E-state index in [0.717, 1.165) is 11.1 Å². The zero-order valence-corrected chi connectivity index (χ0v) is 11.2.